The van der Waals surface area contributed by atoms with Gasteiger partial charge in [0.25, 0.3) is 0 Å². The average Bonchev–Trinajstić information content (AvgIpc) is 2.49. The van der Waals surface area contributed by atoms with Crippen LogP contribution in [0.2, 0.25) is 10.0 Å². The standard InChI is InChI=1S/C16H17Cl2NO3S/c1-3-22-16-9-8-14(10-15(16)18)23(20,21)19-11(2)12-4-6-13(17)7-5-12/h4-11,19H,3H2,1-2H3. The second-order valence-electron chi connectivity index (χ2n) is 4.92. The van der Waals surface area contributed by atoms with Crippen LogP contribution in [0.4, 0.5) is 0 Å². The smallest absolute Gasteiger partial charge is 0.241 e. The van der Waals surface area contributed by atoms with Gasteiger partial charge < -0.3 is 4.74 Å². The SMILES string of the molecule is CCOc1ccc(S(=O)(=O)NC(C)c2ccc(Cl)cc2)cc1Cl. The number of ether oxygens (including phenoxy) is 1. The van der Waals surface area contributed by atoms with Gasteiger partial charge in [-0.15, -0.1) is 0 Å². The summed E-state index contributed by atoms with van der Waals surface area (Å²) in [6, 6.07) is 11.0. The topological polar surface area (TPSA) is 55.4 Å². The maximum Gasteiger partial charge on any atom is 0.241 e. The number of sulfonamides is 1. The molecule has 0 fully saturated rings. The predicted octanol–water partition coefficient (Wildman–Crippen LogP) is 4.43. The number of hydrogen-bond donors (Lipinski definition) is 1. The highest BCUT2D eigenvalue weighted by Gasteiger charge is 2.19. The molecule has 0 aliphatic heterocycles. The van der Waals surface area contributed by atoms with Crippen LogP contribution in [-0.2, 0) is 10.0 Å². The molecular weight excluding hydrogens is 357 g/mol. The van der Waals surface area contributed by atoms with Crippen molar-refractivity contribution in [2.75, 3.05) is 6.61 Å². The van der Waals surface area contributed by atoms with Crippen LogP contribution in [0.1, 0.15) is 25.5 Å². The van der Waals surface area contributed by atoms with Crippen LogP contribution in [-0.4, -0.2) is 15.0 Å². The number of halogens is 2. The highest BCUT2D eigenvalue weighted by Crippen LogP contribution is 2.28. The molecule has 0 radical (unpaired) electrons. The summed E-state index contributed by atoms with van der Waals surface area (Å²) in [6.45, 7) is 4.05. The van der Waals surface area contributed by atoms with Gasteiger partial charge in [0.1, 0.15) is 5.75 Å². The van der Waals surface area contributed by atoms with Crippen molar-refractivity contribution in [3.8, 4) is 5.75 Å². The van der Waals surface area contributed by atoms with Crippen molar-refractivity contribution in [2.45, 2.75) is 24.8 Å². The molecule has 1 unspecified atom stereocenters. The normalized spacial score (nSPS) is 12.9. The van der Waals surface area contributed by atoms with Crippen molar-refractivity contribution in [1.82, 2.24) is 4.72 Å². The molecule has 0 heterocycles. The fraction of sp³-hybridized carbons (Fsp3) is 0.250. The highest BCUT2D eigenvalue weighted by molar-refractivity contribution is 7.89. The zero-order valence-corrected chi connectivity index (χ0v) is 15.0. The zero-order chi connectivity index (χ0) is 17.0. The molecule has 0 saturated carbocycles. The molecular formula is C16H17Cl2NO3S. The number of nitrogens with one attached hydrogen (secondary N) is 1. The lowest BCUT2D eigenvalue weighted by atomic mass is 10.1. The van der Waals surface area contributed by atoms with Crippen molar-refractivity contribution in [3.05, 3.63) is 58.1 Å². The molecule has 0 saturated heterocycles. The zero-order valence-electron chi connectivity index (χ0n) is 12.7. The molecule has 1 atom stereocenters. The van der Waals surface area contributed by atoms with Gasteiger partial charge in [0, 0.05) is 11.1 Å². The Bertz CT molecular complexity index is 776. The summed E-state index contributed by atoms with van der Waals surface area (Å²) in [5.74, 6) is 0.457. The van der Waals surface area contributed by atoms with Gasteiger partial charge in [-0.2, -0.15) is 0 Å². The van der Waals surface area contributed by atoms with E-state index in [1.807, 2.05) is 6.92 Å². The van der Waals surface area contributed by atoms with Gasteiger partial charge >= 0.3 is 0 Å². The van der Waals surface area contributed by atoms with Gasteiger partial charge in [0.05, 0.1) is 16.5 Å². The molecule has 0 aliphatic carbocycles. The fourth-order valence-electron chi connectivity index (χ4n) is 2.04. The largest absolute Gasteiger partial charge is 0.492 e. The van der Waals surface area contributed by atoms with Crippen molar-refractivity contribution in [1.29, 1.82) is 0 Å². The molecule has 0 aliphatic rings. The van der Waals surface area contributed by atoms with Crippen LogP contribution in [0.15, 0.2) is 47.4 Å². The first kappa shape index (κ1) is 18.1. The molecule has 124 valence electrons. The maximum absolute atomic E-state index is 12.5. The highest BCUT2D eigenvalue weighted by atomic mass is 35.5. The summed E-state index contributed by atoms with van der Waals surface area (Å²) in [5, 5.41) is 0.857. The van der Waals surface area contributed by atoms with E-state index < -0.39 is 16.1 Å². The maximum atomic E-state index is 12.5. The molecule has 7 heteroatoms. The monoisotopic (exact) mass is 373 g/mol. The first-order valence-electron chi connectivity index (χ1n) is 7.03. The molecule has 2 aromatic rings. The second kappa shape index (κ2) is 7.53. The third-order valence-electron chi connectivity index (χ3n) is 3.22. The Morgan fingerprint density at radius 2 is 1.78 bits per heavy atom. The molecule has 0 aromatic heterocycles. The third kappa shape index (κ3) is 4.61. The molecule has 2 aromatic carbocycles. The van der Waals surface area contributed by atoms with Crippen LogP contribution in [0.25, 0.3) is 0 Å². The van der Waals surface area contributed by atoms with E-state index in [2.05, 4.69) is 4.72 Å². The molecule has 0 spiro atoms. The molecule has 4 nitrogen and oxygen atoms in total. The van der Waals surface area contributed by atoms with Gasteiger partial charge in [-0.1, -0.05) is 35.3 Å². The minimum absolute atomic E-state index is 0.0896. The lowest BCUT2D eigenvalue weighted by Crippen LogP contribution is -2.26. The summed E-state index contributed by atoms with van der Waals surface area (Å²) < 4.78 is 32.9. The Labute approximate surface area is 146 Å². The summed E-state index contributed by atoms with van der Waals surface area (Å²) in [4.78, 5) is 0.0896. The Hall–Kier alpha value is -1.27. The summed E-state index contributed by atoms with van der Waals surface area (Å²) >= 11 is 11.9. The van der Waals surface area contributed by atoms with Crippen LogP contribution in [0.3, 0.4) is 0 Å². The minimum atomic E-state index is -3.69. The Morgan fingerprint density at radius 3 is 2.35 bits per heavy atom. The van der Waals surface area contributed by atoms with Crippen LogP contribution >= 0.6 is 23.2 Å². The molecule has 0 amide bonds. The van der Waals surface area contributed by atoms with Crippen LogP contribution < -0.4 is 9.46 Å². The van der Waals surface area contributed by atoms with E-state index in [0.29, 0.717) is 17.4 Å². The fourth-order valence-corrected chi connectivity index (χ4v) is 3.73. The summed E-state index contributed by atoms with van der Waals surface area (Å²) in [5.41, 5.74) is 0.815. The summed E-state index contributed by atoms with van der Waals surface area (Å²) in [7, 11) is -3.69. The predicted molar refractivity (Wildman–Crippen MR) is 92.8 cm³/mol. The molecule has 0 bridgehead atoms. The average molecular weight is 374 g/mol. The van der Waals surface area contributed by atoms with Crippen molar-refractivity contribution >= 4 is 33.2 Å². The number of hydrogen-bond acceptors (Lipinski definition) is 3. The Morgan fingerprint density at radius 1 is 1.13 bits per heavy atom. The van der Waals surface area contributed by atoms with Gasteiger partial charge in [0.15, 0.2) is 0 Å². The molecule has 2 rings (SSSR count). The van der Waals surface area contributed by atoms with Crippen LogP contribution in [0.5, 0.6) is 5.75 Å². The lowest BCUT2D eigenvalue weighted by molar-refractivity contribution is 0.340. The van der Waals surface area contributed by atoms with Gasteiger partial charge in [-0.05, 0) is 49.7 Å². The second-order valence-corrected chi connectivity index (χ2v) is 7.48. The van der Waals surface area contributed by atoms with E-state index in [1.165, 1.54) is 12.1 Å². The van der Waals surface area contributed by atoms with Gasteiger partial charge in [-0.25, -0.2) is 13.1 Å². The van der Waals surface area contributed by atoms with E-state index in [4.69, 9.17) is 27.9 Å². The number of rotatable bonds is 6. The van der Waals surface area contributed by atoms with Crippen LogP contribution in [0, 0.1) is 0 Å². The van der Waals surface area contributed by atoms with Gasteiger partial charge in [-0.3, -0.25) is 0 Å². The number of benzene rings is 2. The first-order valence-corrected chi connectivity index (χ1v) is 9.27. The third-order valence-corrected chi connectivity index (χ3v) is 5.30. The minimum Gasteiger partial charge on any atom is -0.492 e. The van der Waals surface area contributed by atoms with E-state index >= 15 is 0 Å². The first-order chi connectivity index (χ1) is 10.8. The van der Waals surface area contributed by atoms with E-state index in [9.17, 15) is 8.42 Å². The Balaban J connectivity index is 2.21. The van der Waals surface area contributed by atoms with Gasteiger partial charge in [0.2, 0.25) is 10.0 Å². The van der Waals surface area contributed by atoms with E-state index in [-0.39, 0.29) is 9.92 Å². The lowest BCUT2D eigenvalue weighted by Gasteiger charge is -2.15. The van der Waals surface area contributed by atoms with Crippen molar-refractivity contribution in [2.24, 2.45) is 0 Å². The van der Waals surface area contributed by atoms with E-state index in [1.54, 1.807) is 37.3 Å². The van der Waals surface area contributed by atoms with E-state index in [0.717, 1.165) is 5.56 Å². The molecule has 1 N–H and O–H groups in total. The Kier molecular flexibility index (Phi) is 5.92. The van der Waals surface area contributed by atoms with Crippen molar-refractivity contribution in [3.63, 3.8) is 0 Å². The quantitative estimate of drug-likeness (QED) is 0.814. The molecule has 23 heavy (non-hydrogen) atoms. The van der Waals surface area contributed by atoms with Crippen molar-refractivity contribution < 1.29 is 13.2 Å². The summed E-state index contributed by atoms with van der Waals surface area (Å²) in [6.07, 6.45) is 0.